The summed E-state index contributed by atoms with van der Waals surface area (Å²) in [6.07, 6.45) is 1.59. The monoisotopic (exact) mass is 502 g/mol. The molecule has 2 N–H and O–H groups in total. The van der Waals surface area contributed by atoms with Crippen molar-refractivity contribution in [1.82, 2.24) is 5.32 Å². The maximum absolute atomic E-state index is 12.3. The Balaban J connectivity index is 1.32. The number of amidine groups is 1. The number of carbonyl (C=O) groups excluding carboxylic acids is 2. The predicted molar refractivity (Wildman–Crippen MR) is 143 cm³/mol. The minimum atomic E-state index is -0.562. The van der Waals surface area contributed by atoms with Crippen LogP contribution in [0.4, 0.5) is 5.69 Å². The number of hydrogen-bond acceptors (Lipinski definition) is 7. The number of methoxy groups -OCH3 is 1. The number of benzene rings is 3. The highest BCUT2D eigenvalue weighted by molar-refractivity contribution is 8.15. The molecule has 0 radical (unpaired) electrons. The summed E-state index contributed by atoms with van der Waals surface area (Å²) in [6, 6.07) is 22.7. The van der Waals surface area contributed by atoms with Crippen molar-refractivity contribution >= 4 is 40.6 Å². The van der Waals surface area contributed by atoms with Gasteiger partial charge >= 0.3 is 0 Å². The van der Waals surface area contributed by atoms with Gasteiger partial charge in [0.2, 0.25) is 11.8 Å². The zero-order valence-corrected chi connectivity index (χ0v) is 20.7. The Hall–Kier alpha value is -4.11. The molecule has 1 atom stereocenters. The minimum Gasteiger partial charge on any atom is -0.493 e. The molecule has 0 saturated carbocycles. The molecule has 0 unspecified atom stereocenters. The van der Waals surface area contributed by atoms with Gasteiger partial charge in [0.15, 0.2) is 16.7 Å². The van der Waals surface area contributed by atoms with Gasteiger partial charge in [-0.05, 0) is 48.4 Å². The van der Waals surface area contributed by atoms with E-state index in [2.05, 4.69) is 20.8 Å². The highest BCUT2D eigenvalue weighted by atomic mass is 32.2. The van der Waals surface area contributed by atoms with E-state index in [1.165, 1.54) is 17.3 Å². The van der Waals surface area contributed by atoms with Crippen LogP contribution in [-0.2, 0) is 16.2 Å². The van der Waals surface area contributed by atoms with Crippen molar-refractivity contribution < 1.29 is 19.1 Å². The van der Waals surface area contributed by atoms with Crippen LogP contribution >= 0.6 is 11.8 Å². The molecule has 0 bridgehead atoms. The molecule has 4 rings (SSSR count). The average molecular weight is 503 g/mol. The van der Waals surface area contributed by atoms with Crippen molar-refractivity contribution in [2.24, 2.45) is 10.2 Å². The smallest absolute Gasteiger partial charge is 0.240 e. The van der Waals surface area contributed by atoms with Crippen molar-refractivity contribution in [2.75, 3.05) is 12.4 Å². The molecule has 0 spiro atoms. The van der Waals surface area contributed by atoms with Crippen LogP contribution in [0.15, 0.2) is 83.0 Å². The summed E-state index contributed by atoms with van der Waals surface area (Å²) in [5.41, 5.74) is 3.71. The third-order valence-corrected chi connectivity index (χ3v) is 6.34. The number of aryl methyl sites for hydroxylation is 1. The molecule has 0 aromatic heterocycles. The molecule has 0 aliphatic carbocycles. The van der Waals surface area contributed by atoms with Crippen LogP contribution < -0.4 is 20.1 Å². The molecule has 2 amide bonds. The van der Waals surface area contributed by atoms with Gasteiger partial charge in [0.05, 0.1) is 13.3 Å². The zero-order chi connectivity index (χ0) is 25.3. The molecule has 36 heavy (non-hydrogen) atoms. The second-order valence-electron chi connectivity index (χ2n) is 8.05. The van der Waals surface area contributed by atoms with Crippen molar-refractivity contribution in [3.05, 3.63) is 89.5 Å². The van der Waals surface area contributed by atoms with E-state index in [4.69, 9.17) is 9.47 Å². The van der Waals surface area contributed by atoms with Crippen LogP contribution in [0.1, 0.15) is 23.1 Å². The molecule has 1 aliphatic heterocycles. The lowest BCUT2D eigenvalue weighted by atomic mass is 10.2. The lowest BCUT2D eigenvalue weighted by molar-refractivity contribution is -0.122. The molecule has 3 aromatic rings. The van der Waals surface area contributed by atoms with Gasteiger partial charge in [-0.2, -0.15) is 5.10 Å². The Labute approximate surface area is 213 Å². The maximum Gasteiger partial charge on any atom is 0.240 e. The third-order valence-electron chi connectivity index (χ3n) is 5.26. The highest BCUT2D eigenvalue weighted by Gasteiger charge is 2.32. The van der Waals surface area contributed by atoms with E-state index in [1.54, 1.807) is 31.5 Å². The molecular formula is C27H26N4O4S. The topological polar surface area (TPSA) is 101 Å². The molecule has 3 aromatic carbocycles. The van der Waals surface area contributed by atoms with E-state index in [9.17, 15) is 9.59 Å². The second kappa shape index (κ2) is 12.0. The number of thioether (sulfide) groups is 1. The van der Waals surface area contributed by atoms with E-state index >= 15 is 0 Å². The number of para-hydroxylation sites is 1. The molecule has 1 fully saturated rings. The number of carbonyl (C=O) groups is 2. The summed E-state index contributed by atoms with van der Waals surface area (Å²) < 4.78 is 11.4. The van der Waals surface area contributed by atoms with E-state index < -0.39 is 5.25 Å². The Morgan fingerprint density at radius 1 is 1.08 bits per heavy atom. The lowest BCUT2D eigenvalue weighted by Crippen LogP contribution is -2.28. The minimum absolute atomic E-state index is 0.0371. The average Bonchev–Trinajstić information content (AvgIpc) is 3.23. The summed E-state index contributed by atoms with van der Waals surface area (Å²) >= 11 is 1.18. The molecule has 184 valence electrons. The molecule has 9 heteroatoms. The summed E-state index contributed by atoms with van der Waals surface area (Å²) in [7, 11) is 1.58. The summed E-state index contributed by atoms with van der Waals surface area (Å²) in [5, 5.41) is 13.4. The number of rotatable bonds is 9. The van der Waals surface area contributed by atoms with E-state index in [1.807, 2.05) is 61.5 Å². The number of hydrogen-bond donors (Lipinski definition) is 2. The van der Waals surface area contributed by atoms with Gasteiger partial charge in [0, 0.05) is 12.1 Å². The first-order valence-corrected chi connectivity index (χ1v) is 12.2. The molecule has 1 aliphatic rings. The van der Waals surface area contributed by atoms with Gasteiger partial charge in [-0.15, -0.1) is 5.10 Å². The van der Waals surface area contributed by atoms with Crippen LogP contribution in [0.25, 0.3) is 0 Å². The maximum atomic E-state index is 12.3. The van der Waals surface area contributed by atoms with Crippen molar-refractivity contribution in [2.45, 2.75) is 25.2 Å². The van der Waals surface area contributed by atoms with Crippen LogP contribution in [0.2, 0.25) is 0 Å². The Morgan fingerprint density at radius 3 is 2.61 bits per heavy atom. The molecular weight excluding hydrogens is 476 g/mol. The standard InChI is InChI=1S/C27H26N4O4S/c1-18-8-10-19(11-9-18)17-35-22-13-12-20(14-23(22)34-2)16-28-31-27-30-26(33)24(36-27)15-25(32)29-21-6-4-3-5-7-21/h3-14,16,24H,15,17H2,1-2H3,(H,29,32)(H,30,31,33)/b28-16-/t24-/m0/s1. The normalized spacial score (nSPS) is 16.2. The zero-order valence-electron chi connectivity index (χ0n) is 19.9. The van der Waals surface area contributed by atoms with Crippen molar-refractivity contribution in [3.63, 3.8) is 0 Å². The Bertz CT molecular complexity index is 1280. The fourth-order valence-corrected chi connectivity index (χ4v) is 4.29. The van der Waals surface area contributed by atoms with E-state index in [-0.39, 0.29) is 18.2 Å². The predicted octanol–water partition coefficient (Wildman–Crippen LogP) is 4.53. The van der Waals surface area contributed by atoms with Gasteiger partial charge < -0.3 is 20.1 Å². The van der Waals surface area contributed by atoms with E-state index in [0.29, 0.717) is 29.0 Å². The third kappa shape index (κ3) is 6.96. The van der Waals surface area contributed by atoms with Gasteiger partial charge in [0.1, 0.15) is 11.9 Å². The number of nitrogens with zero attached hydrogens (tertiary/aromatic N) is 2. The van der Waals surface area contributed by atoms with Crippen LogP contribution in [0.3, 0.4) is 0 Å². The number of amides is 2. The summed E-state index contributed by atoms with van der Waals surface area (Å²) in [6.45, 7) is 2.47. The number of ether oxygens (including phenoxy) is 2. The first-order valence-electron chi connectivity index (χ1n) is 11.3. The fraction of sp³-hybridized carbons (Fsp3) is 0.185. The van der Waals surface area contributed by atoms with Crippen LogP contribution in [0.5, 0.6) is 11.5 Å². The quantitative estimate of drug-likeness (QED) is 0.331. The first kappa shape index (κ1) is 25.0. The largest absolute Gasteiger partial charge is 0.493 e. The van der Waals surface area contributed by atoms with Gasteiger partial charge in [-0.1, -0.05) is 59.8 Å². The van der Waals surface area contributed by atoms with Gasteiger partial charge in [-0.25, -0.2) is 0 Å². The second-order valence-corrected chi connectivity index (χ2v) is 9.24. The fourth-order valence-electron chi connectivity index (χ4n) is 3.37. The summed E-state index contributed by atoms with van der Waals surface area (Å²) in [5.74, 6) is 0.688. The summed E-state index contributed by atoms with van der Waals surface area (Å²) in [4.78, 5) is 24.5. The Kier molecular flexibility index (Phi) is 8.36. The lowest BCUT2D eigenvalue weighted by Gasteiger charge is -2.11. The number of nitrogens with one attached hydrogen (secondary N) is 2. The molecule has 1 saturated heterocycles. The van der Waals surface area contributed by atoms with Crippen LogP contribution in [-0.4, -0.2) is 35.6 Å². The van der Waals surface area contributed by atoms with Crippen molar-refractivity contribution in [3.8, 4) is 11.5 Å². The van der Waals surface area contributed by atoms with E-state index in [0.717, 1.165) is 11.1 Å². The van der Waals surface area contributed by atoms with Gasteiger partial charge in [-0.3, -0.25) is 9.59 Å². The highest BCUT2D eigenvalue weighted by Crippen LogP contribution is 2.28. The first-order chi connectivity index (χ1) is 17.5. The Morgan fingerprint density at radius 2 is 1.86 bits per heavy atom. The molecule has 8 nitrogen and oxygen atoms in total. The number of anilines is 1. The van der Waals surface area contributed by atoms with Gasteiger partial charge in [0.25, 0.3) is 0 Å². The van der Waals surface area contributed by atoms with Crippen LogP contribution in [0, 0.1) is 6.92 Å². The SMILES string of the molecule is COc1cc(/C=N\N=C2\NC(=O)[C@H](CC(=O)Nc3ccccc3)S2)ccc1OCc1ccc(C)cc1. The molecule has 1 heterocycles. The van der Waals surface area contributed by atoms with Crippen molar-refractivity contribution in [1.29, 1.82) is 0 Å².